The number of hydrogen-bond acceptors (Lipinski definition) is 7. The largest absolute Gasteiger partial charge is 0.459 e. The van der Waals surface area contributed by atoms with E-state index in [1.165, 1.54) is 58.4 Å². The van der Waals surface area contributed by atoms with Gasteiger partial charge >= 0.3 is 6.01 Å². The molecule has 2 fully saturated rings. The van der Waals surface area contributed by atoms with Crippen LogP contribution in [0.5, 0.6) is 6.01 Å². The quantitative estimate of drug-likeness (QED) is 0.684. The first-order valence-corrected chi connectivity index (χ1v) is 11.7. The van der Waals surface area contributed by atoms with Gasteiger partial charge in [-0.15, -0.1) is 5.10 Å². The summed E-state index contributed by atoms with van der Waals surface area (Å²) in [6, 6.07) is 0.344. The predicted octanol–water partition coefficient (Wildman–Crippen LogP) is 2.53. The van der Waals surface area contributed by atoms with E-state index in [-0.39, 0.29) is 6.10 Å². The summed E-state index contributed by atoms with van der Waals surface area (Å²) in [5, 5.41) is 8.07. The third-order valence-corrected chi connectivity index (χ3v) is 6.62. The summed E-state index contributed by atoms with van der Waals surface area (Å²) in [6.45, 7) is 10.2. The van der Waals surface area contributed by atoms with Crippen LogP contribution < -0.4 is 15.8 Å². The molecule has 1 atom stereocenters. The second kappa shape index (κ2) is 9.92. The molecule has 30 heavy (non-hydrogen) atoms. The lowest BCUT2D eigenvalue weighted by atomic mass is 9.90. The van der Waals surface area contributed by atoms with Crippen molar-refractivity contribution < 1.29 is 4.74 Å². The molecule has 2 saturated heterocycles. The lowest BCUT2D eigenvalue weighted by molar-refractivity contribution is 0.147. The van der Waals surface area contributed by atoms with Gasteiger partial charge in [-0.3, -0.25) is 0 Å². The van der Waals surface area contributed by atoms with Crippen LogP contribution in [0.2, 0.25) is 0 Å². The number of ether oxygens (including phenoxy) is 1. The first-order valence-electron chi connectivity index (χ1n) is 11.7. The topological polar surface area (TPSA) is 93.6 Å². The van der Waals surface area contributed by atoms with Crippen LogP contribution in [0.1, 0.15) is 58.1 Å². The molecule has 2 aliphatic heterocycles. The van der Waals surface area contributed by atoms with Gasteiger partial charge in [-0.05, 0) is 83.5 Å². The summed E-state index contributed by atoms with van der Waals surface area (Å²) < 4.78 is 7.73. The molecule has 3 N–H and O–H groups in total. The number of nitrogen functional groups attached to an aromatic ring is 1. The number of imidazole rings is 1. The normalized spacial score (nSPS) is 20.6. The Hall–Kier alpha value is -1.93. The molecule has 0 unspecified atom stereocenters. The minimum atomic E-state index is 0.0723. The second-order valence-corrected chi connectivity index (χ2v) is 9.12. The van der Waals surface area contributed by atoms with Crippen molar-refractivity contribution in [2.75, 3.05) is 38.5 Å². The molecule has 4 heterocycles. The van der Waals surface area contributed by atoms with Crippen LogP contribution in [-0.4, -0.2) is 63.3 Å². The molecule has 0 radical (unpaired) electrons. The van der Waals surface area contributed by atoms with Gasteiger partial charge in [0.2, 0.25) is 0 Å². The second-order valence-electron chi connectivity index (χ2n) is 9.12. The number of nitrogens with two attached hydrogens (primary N) is 1. The van der Waals surface area contributed by atoms with E-state index in [4.69, 9.17) is 10.5 Å². The van der Waals surface area contributed by atoms with E-state index in [1.807, 2.05) is 17.6 Å². The molecule has 0 bridgehead atoms. The number of hydrogen-bond donors (Lipinski definition) is 2. The average Bonchev–Trinajstić information content (AvgIpc) is 3.13. The minimum Gasteiger partial charge on any atom is -0.459 e. The van der Waals surface area contributed by atoms with Gasteiger partial charge in [-0.2, -0.15) is 4.98 Å². The van der Waals surface area contributed by atoms with Crippen LogP contribution in [0.25, 0.3) is 5.65 Å². The van der Waals surface area contributed by atoms with E-state index in [9.17, 15) is 0 Å². The summed E-state index contributed by atoms with van der Waals surface area (Å²) in [4.78, 5) is 11.4. The molecule has 2 aromatic rings. The monoisotopic (exact) mass is 415 g/mol. The summed E-state index contributed by atoms with van der Waals surface area (Å²) >= 11 is 0. The van der Waals surface area contributed by atoms with Gasteiger partial charge in [0.1, 0.15) is 0 Å². The van der Waals surface area contributed by atoms with Crippen LogP contribution in [0.15, 0.2) is 6.20 Å². The Morgan fingerprint density at radius 3 is 2.70 bits per heavy atom. The zero-order valence-electron chi connectivity index (χ0n) is 18.5. The number of nitrogens with zero attached hydrogens (tertiary/aromatic N) is 5. The SMILES string of the molecule is CCC[C@H](C)Oc1nc(N)c2ncc(CC3CCN(CC4CCNCC4)CC3)n2n1. The van der Waals surface area contributed by atoms with Crippen molar-refractivity contribution in [1.29, 1.82) is 0 Å². The molecule has 0 saturated carbocycles. The average molecular weight is 416 g/mol. The van der Waals surface area contributed by atoms with E-state index in [2.05, 4.69) is 32.2 Å². The Bertz CT molecular complexity index is 809. The van der Waals surface area contributed by atoms with Gasteiger partial charge in [0.25, 0.3) is 0 Å². The van der Waals surface area contributed by atoms with Gasteiger partial charge in [0.15, 0.2) is 11.5 Å². The number of nitrogens with one attached hydrogen (secondary N) is 1. The van der Waals surface area contributed by atoms with Crippen molar-refractivity contribution in [3.8, 4) is 6.01 Å². The number of aromatic nitrogens is 4. The Morgan fingerprint density at radius 1 is 1.20 bits per heavy atom. The van der Waals surface area contributed by atoms with Crippen LogP contribution >= 0.6 is 0 Å². The van der Waals surface area contributed by atoms with Crippen LogP contribution in [0, 0.1) is 11.8 Å². The Kier molecular flexibility index (Phi) is 7.04. The van der Waals surface area contributed by atoms with Crippen molar-refractivity contribution in [2.24, 2.45) is 11.8 Å². The molecule has 0 spiro atoms. The fraction of sp³-hybridized carbons (Fsp3) is 0.773. The molecular formula is C22H37N7O. The zero-order chi connectivity index (χ0) is 20.9. The highest BCUT2D eigenvalue weighted by Crippen LogP contribution is 2.25. The Labute approximate surface area is 179 Å². The van der Waals surface area contributed by atoms with Gasteiger partial charge in [-0.1, -0.05) is 13.3 Å². The first kappa shape index (κ1) is 21.3. The fourth-order valence-corrected chi connectivity index (χ4v) is 4.86. The molecular weight excluding hydrogens is 378 g/mol. The van der Waals surface area contributed by atoms with Crippen LogP contribution in [0.3, 0.4) is 0 Å². The van der Waals surface area contributed by atoms with E-state index in [0.717, 1.165) is 30.9 Å². The minimum absolute atomic E-state index is 0.0723. The maximum Gasteiger partial charge on any atom is 0.336 e. The first-order chi connectivity index (χ1) is 14.6. The Balaban J connectivity index is 1.36. The van der Waals surface area contributed by atoms with Gasteiger partial charge in [0.05, 0.1) is 18.0 Å². The van der Waals surface area contributed by atoms with Crippen molar-refractivity contribution >= 4 is 11.5 Å². The Morgan fingerprint density at radius 2 is 1.97 bits per heavy atom. The molecule has 2 aromatic heterocycles. The standard InChI is InChI=1S/C22H37N7O/c1-3-4-16(2)30-22-26-20(23)21-25-14-19(29(21)27-22)13-17-7-11-28(12-8-17)15-18-5-9-24-10-6-18/h14,16-18,24H,3-13,15H2,1-2H3,(H2,23,26,27)/t16-/m0/s1. The molecule has 166 valence electrons. The predicted molar refractivity (Wildman–Crippen MR) is 119 cm³/mol. The molecule has 0 aliphatic carbocycles. The summed E-state index contributed by atoms with van der Waals surface area (Å²) in [5.74, 6) is 1.91. The lowest BCUT2D eigenvalue weighted by Crippen LogP contribution is -2.40. The van der Waals surface area contributed by atoms with Crippen molar-refractivity contribution in [3.05, 3.63) is 11.9 Å². The highest BCUT2D eigenvalue weighted by Gasteiger charge is 2.24. The molecule has 0 aromatic carbocycles. The highest BCUT2D eigenvalue weighted by atomic mass is 16.5. The van der Waals surface area contributed by atoms with Crippen molar-refractivity contribution in [2.45, 2.75) is 64.9 Å². The number of piperidine rings is 2. The van der Waals surface area contributed by atoms with Crippen LogP contribution in [-0.2, 0) is 6.42 Å². The fourth-order valence-electron chi connectivity index (χ4n) is 4.86. The van der Waals surface area contributed by atoms with E-state index in [0.29, 0.717) is 23.4 Å². The van der Waals surface area contributed by atoms with E-state index < -0.39 is 0 Å². The number of anilines is 1. The zero-order valence-corrected chi connectivity index (χ0v) is 18.5. The number of likely N-dealkylation sites (tertiary alicyclic amines) is 1. The summed E-state index contributed by atoms with van der Waals surface area (Å²) in [6.07, 6.45) is 10.1. The summed E-state index contributed by atoms with van der Waals surface area (Å²) in [7, 11) is 0. The van der Waals surface area contributed by atoms with Crippen LogP contribution in [0.4, 0.5) is 5.82 Å². The highest BCUT2D eigenvalue weighted by molar-refractivity contribution is 5.59. The number of rotatable bonds is 8. The molecule has 8 nitrogen and oxygen atoms in total. The molecule has 8 heteroatoms. The maximum atomic E-state index is 6.13. The van der Waals surface area contributed by atoms with Crippen molar-refractivity contribution in [1.82, 2.24) is 29.8 Å². The number of fused-ring (bicyclic) bond motifs is 1. The summed E-state index contributed by atoms with van der Waals surface area (Å²) in [5.41, 5.74) is 7.86. The van der Waals surface area contributed by atoms with Gasteiger partial charge in [-0.25, -0.2) is 9.50 Å². The smallest absolute Gasteiger partial charge is 0.336 e. The molecule has 4 rings (SSSR count). The van der Waals surface area contributed by atoms with Gasteiger partial charge in [0, 0.05) is 6.54 Å². The van der Waals surface area contributed by atoms with Crippen molar-refractivity contribution in [3.63, 3.8) is 0 Å². The van der Waals surface area contributed by atoms with E-state index >= 15 is 0 Å². The lowest BCUT2D eigenvalue weighted by Gasteiger charge is -2.35. The third kappa shape index (κ3) is 5.21. The molecule has 0 amide bonds. The maximum absolute atomic E-state index is 6.13. The molecule has 2 aliphatic rings. The third-order valence-electron chi connectivity index (χ3n) is 6.62. The van der Waals surface area contributed by atoms with Gasteiger partial charge < -0.3 is 20.7 Å². The van der Waals surface area contributed by atoms with E-state index in [1.54, 1.807) is 0 Å².